The predicted molar refractivity (Wildman–Crippen MR) is 128 cm³/mol. The average Bonchev–Trinajstić information content (AvgIpc) is 2.82. The van der Waals surface area contributed by atoms with Crippen molar-refractivity contribution in [2.75, 3.05) is 6.61 Å². The van der Waals surface area contributed by atoms with E-state index in [0.717, 1.165) is 22.3 Å². The Kier molecular flexibility index (Phi) is 7.32. The van der Waals surface area contributed by atoms with Gasteiger partial charge in [-0.3, -0.25) is 4.79 Å². The number of nitrogens with zero attached hydrogens (tertiary/aromatic N) is 1. The summed E-state index contributed by atoms with van der Waals surface area (Å²) in [5, 5.41) is 20.2. The molecule has 3 aromatic rings. The second-order valence-electron chi connectivity index (χ2n) is 8.37. The molecule has 1 aromatic heterocycles. The van der Waals surface area contributed by atoms with Crippen LogP contribution in [-0.2, 0) is 18.2 Å². The average molecular weight is 464 g/mol. The summed E-state index contributed by atoms with van der Waals surface area (Å²) in [6.07, 6.45) is 2.16. The van der Waals surface area contributed by atoms with Gasteiger partial charge in [-0.2, -0.15) is 0 Å². The van der Waals surface area contributed by atoms with Crippen molar-refractivity contribution < 1.29 is 14.9 Å². The van der Waals surface area contributed by atoms with Gasteiger partial charge in [0.15, 0.2) is 0 Å². The van der Waals surface area contributed by atoms with Gasteiger partial charge in [0.1, 0.15) is 0 Å². The van der Waals surface area contributed by atoms with Crippen LogP contribution < -0.4 is 5.56 Å². The van der Waals surface area contributed by atoms with E-state index in [1.54, 1.807) is 25.4 Å². The van der Waals surface area contributed by atoms with Gasteiger partial charge in [-0.1, -0.05) is 47.7 Å². The number of aromatic nitrogens is 1. The van der Waals surface area contributed by atoms with Crippen LogP contribution in [0.4, 0.5) is 0 Å². The van der Waals surface area contributed by atoms with E-state index < -0.39 is 6.10 Å². The molecule has 3 atom stereocenters. The maximum atomic E-state index is 12.1. The lowest BCUT2D eigenvalue weighted by atomic mass is 9.94. The Balaban J connectivity index is 1.49. The van der Waals surface area contributed by atoms with Gasteiger partial charge in [0, 0.05) is 36.7 Å². The topological polar surface area (TPSA) is 71.7 Å². The third-order valence-electron chi connectivity index (χ3n) is 5.84. The Morgan fingerprint density at radius 2 is 1.91 bits per heavy atom. The first-order valence-corrected chi connectivity index (χ1v) is 11.3. The van der Waals surface area contributed by atoms with E-state index in [1.165, 1.54) is 4.57 Å². The molecule has 33 heavy (non-hydrogen) atoms. The Labute approximate surface area is 198 Å². The molecule has 0 saturated carbocycles. The number of halogens is 1. The first-order chi connectivity index (χ1) is 15.9. The highest BCUT2D eigenvalue weighted by molar-refractivity contribution is 6.31. The van der Waals surface area contributed by atoms with Crippen molar-refractivity contribution in [1.82, 2.24) is 4.57 Å². The SMILES string of the molecule is Cn1cccc(C#Cc2ccc(Cc3cc([C@H]4CC(O)C[C@@H](CO)O4)ccc3Cl)cc2)c1=O. The van der Waals surface area contributed by atoms with Crippen LogP contribution in [0.25, 0.3) is 0 Å². The molecule has 1 unspecified atom stereocenters. The molecule has 0 radical (unpaired) electrons. The number of aryl methyl sites for hydroxylation is 1. The quantitative estimate of drug-likeness (QED) is 0.580. The van der Waals surface area contributed by atoms with Crippen molar-refractivity contribution >= 4 is 11.6 Å². The highest BCUT2D eigenvalue weighted by Gasteiger charge is 2.29. The normalized spacial score (nSPS) is 20.2. The minimum absolute atomic E-state index is 0.109. The molecule has 0 aliphatic carbocycles. The molecule has 2 heterocycles. The number of ether oxygens (including phenoxy) is 1. The Bertz CT molecular complexity index is 1240. The Hall–Kier alpha value is -2.88. The molecule has 6 heteroatoms. The zero-order valence-electron chi connectivity index (χ0n) is 18.4. The van der Waals surface area contributed by atoms with E-state index in [2.05, 4.69) is 11.8 Å². The summed E-state index contributed by atoms with van der Waals surface area (Å²) < 4.78 is 7.45. The van der Waals surface area contributed by atoms with E-state index in [0.29, 0.717) is 29.8 Å². The maximum Gasteiger partial charge on any atom is 0.266 e. The molecule has 1 fully saturated rings. The second-order valence-corrected chi connectivity index (χ2v) is 8.77. The smallest absolute Gasteiger partial charge is 0.266 e. The van der Waals surface area contributed by atoms with Crippen molar-refractivity contribution in [3.63, 3.8) is 0 Å². The van der Waals surface area contributed by atoms with Crippen molar-refractivity contribution in [3.8, 4) is 11.8 Å². The van der Waals surface area contributed by atoms with E-state index in [1.807, 2.05) is 42.5 Å². The van der Waals surface area contributed by atoms with Crippen molar-refractivity contribution in [2.24, 2.45) is 7.05 Å². The molecule has 2 N–H and O–H groups in total. The first kappa shape index (κ1) is 23.3. The lowest BCUT2D eigenvalue weighted by Gasteiger charge is -2.32. The van der Waals surface area contributed by atoms with Crippen LogP contribution in [0, 0.1) is 11.8 Å². The summed E-state index contributed by atoms with van der Waals surface area (Å²) in [6.45, 7) is -0.109. The minimum Gasteiger partial charge on any atom is -0.394 e. The molecule has 1 aliphatic heterocycles. The van der Waals surface area contributed by atoms with Crippen molar-refractivity contribution in [3.05, 3.63) is 104 Å². The molecular formula is C27H26ClNO4. The van der Waals surface area contributed by atoms with Gasteiger partial charge in [0.2, 0.25) is 0 Å². The summed E-state index contributed by atoms with van der Waals surface area (Å²) >= 11 is 6.46. The van der Waals surface area contributed by atoms with Crippen molar-refractivity contribution in [2.45, 2.75) is 37.6 Å². The second kappa shape index (κ2) is 10.4. The van der Waals surface area contributed by atoms with Crippen LogP contribution in [0.15, 0.2) is 65.6 Å². The Morgan fingerprint density at radius 3 is 2.67 bits per heavy atom. The lowest BCUT2D eigenvalue weighted by Crippen LogP contribution is -2.33. The Morgan fingerprint density at radius 1 is 1.12 bits per heavy atom. The fourth-order valence-electron chi connectivity index (χ4n) is 4.01. The summed E-state index contributed by atoms with van der Waals surface area (Å²) in [4.78, 5) is 12.1. The highest BCUT2D eigenvalue weighted by Crippen LogP contribution is 2.33. The minimum atomic E-state index is -0.496. The molecule has 4 rings (SSSR count). The van der Waals surface area contributed by atoms with E-state index >= 15 is 0 Å². The maximum absolute atomic E-state index is 12.1. The van der Waals surface area contributed by atoms with Crippen LogP contribution >= 0.6 is 11.6 Å². The van der Waals surface area contributed by atoms with Gasteiger partial charge in [0.05, 0.1) is 30.5 Å². The van der Waals surface area contributed by atoms with Crippen LogP contribution in [0.1, 0.15) is 46.8 Å². The molecule has 170 valence electrons. The third kappa shape index (κ3) is 5.73. The highest BCUT2D eigenvalue weighted by atomic mass is 35.5. The van der Waals surface area contributed by atoms with Crippen molar-refractivity contribution in [1.29, 1.82) is 0 Å². The van der Waals surface area contributed by atoms with Crippen LogP contribution in [0.2, 0.25) is 5.02 Å². The number of pyridine rings is 1. The summed E-state index contributed by atoms with van der Waals surface area (Å²) in [5.74, 6) is 5.99. The van der Waals surface area contributed by atoms with Gasteiger partial charge in [0.25, 0.3) is 5.56 Å². The number of hydrogen-bond acceptors (Lipinski definition) is 4. The van der Waals surface area contributed by atoms with E-state index in [4.69, 9.17) is 16.3 Å². The number of aliphatic hydroxyl groups is 2. The molecule has 1 saturated heterocycles. The summed E-state index contributed by atoms with van der Waals surface area (Å²) in [5.41, 5.74) is 4.16. The van der Waals surface area contributed by atoms with Crippen LogP contribution in [-0.4, -0.2) is 33.6 Å². The first-order valence-electron chi connectivity index (χ1n) is 10.9. The van der Waals surface area contributed by atoms with Gasteiger partial charge < -0.3 is 19.5 Å². The number of rotatable bonds is 4. The molecule has 2 aromatic carbocycles. The monoisotopic (exact) mass is 463 g/mol. The number of benzene rings is 2. The van der Waals surface area contributed by atoms with Gasteiger partial charge >= 0.3 is 0 Å². The molecule has 0 bridgehead atoms. The largest absolute Gasteiger partial charge is 0.394 e. The zero-order valence-corrected chi connectivity index (χ0v) is 19.1. The zero-order chi connectivity index (χ0) is 23.4. The lowest BCUT2D eigenvalue weighted by molar-refractivity contribution is -0.113. The molecule has 1 aliphatic rings. The molecule has 5 nitrogen and oxygen atoms in total. The van der Waals surface area contributed by atoms with Crippen LogP contribution in [0.3, 0.4) is 0 Å². The predicted octanol–water partition coefficient (Wildman–Crippen LogP) is 3.60. The number of hydrogen-bond donors (Lipinski definition) is 2. The van der Waals surface area contributed by atoms with Gasteiger partial charge in [-0.25, -0.2) is 0 Å². The fraction of sp³-hybridized carbons (Fsp3) is 0.296. The van der Waals surface area contributed by atoms with Gasteiger partial charge in [-0.15, -0.1) is 0 Å². The van der Waals surface area contributed by atoms with Gasteiger partial charge in [-0.05, 0) is 53.4 Å². The van der Waals surface area contributed by atoms with E-state index in [-0.39, 0.29) is 24.4 Å². The van der Waals surface area contributed by atoms with Crippen LogP contribution in [0.5, 0.6) is 0 Å². The molecule has 0 spiro atoms. The summed E-state index contributed by atoms with van der Waals surface area (Å²) in [6, 6.07) is 17.2. The fourth-order valence-corrected chi connectivity index (χ4v) is 4.20. The standard InChI is InChI=1S/C27H26ClNO4/c1-29-12-2-3-20(27(29)32)9-8-18-4-6-19(7-5-18)13-22-14-21(10-11-25(22)28)26-16-23(31)15-24(17-30)33-26/h2-7,10-12,14,23-24,26,30-31H,13,15-17H2,1H3/t23?,24-,26+/m0/s1. The van der Waals surface area contributed by atoms with E-state index in [9.17, 15) is 15.0 Å². The molecular weight excluding hydrogens is 438 g/mol. The summed E-state index contributed by atoms with van der Waals surface area (Å²) in [7, 11) is 1.70. The number of aliphatic hydroxyl groups excluding tert-OH is 2. The third-order valence-corrected chi connectivity index (χ3v) is 6.21. The molecule has 0 amide bonds.